The number of urea groups is 1. The summed E-state index contributed by atoms with van der Waals surface area (Å²) in [5.74, 6) is 1.95. The molecule has 6 nitrogen and oxygen atoms in total. The minimum atomic E-state index is -0.0784. The number of carbonyl (C=O) groups excluding carboxylic acids is 1. The van der Waals surface area contributed by atoms with Crippen molar-refractivity contribution >= 4 is 6.03 Å². The van der Waals surface area contributed by atoms with Crippen LogP contribution in [0.25, 0.3) is 0 Å². The van der Waals surface area contributed by atoms with Gasteiger partial charge in [0, 0.05) is 18.6 Å². The van der Waals surface area contributed by atoms with Crippen LogP contribution < -0.4 is 5.32 Å². The van der Waals surface area contributed by atoms with Crippen LogP contribution in [0.2, 0.25) is 0 Å². The Labute approximate surface area is 147 Å². The number of nitrogens with one attached hydrogen (secondary N) is 1. The van der Waals surface area contributed by atoms with Gasteiger partial charge in [-0.2, -0.15) is 0 Å². The number of hydrogen-bond donors (Lipinski definition) is 1. The third kappa shape index (κ3) is 3.74. The van der Waals surface area contributed by atoms with Crippen molar-refractivity contribution in [1.29, 1.82) is 0 Å². The second kappa shape index (κ2) is 7.35. The molecule has 2 aliphatic rings. The highest BCUT2D eigenvalue weighted by molar-refractivity contribution is 5.74. The van der Waals surface area contributed by atoms with E-state index in [9.17, 15) is 4.79 Å². The van der Waals surface area contributed by atoms with Crippen LogP contribution in [0.4, 0.5) is 4.79 Å². The Kier molecular flexibility index (Phi) is 4.78. The number of ether oxygens (including phenoxy) is 1. The molecule has 1 aliphatic carbocycles. The van der Waals surface area contributed by atoms with Gasteiger partial charge in [-0.1, -0.05) is 0 Å². The maximum absolute atomic E-state index is 12.9. The van der Waals surface area contributed by atoms with Crippen molar-refractivity contribution in [2.45, 2.75) is 50.9 Å². The summed E-state index contributed by atoms with van der Waals surface area (Å²) in [6.07, 6.45) is 7.82. The molecule has 4 rings (SSSR count). The molecule has 1 saturated carbocycles. The van der Waals surface area contributed by atoms with Crippen molar-refractivity contribution in [3.63, 3.8) is 0 Å². The summed E-state index contributed by atoms with van der Waals surface area (Å²) >= 11 is 0. The third-order valence-corrected chi connectivity index (χ3v) is 5.23. The summed E-state index contributed by atoms with van der Waals surface area (Å²) in [4.78, 5) is 14.7. The summed E-state index contributed by atoms with van der Waals surface area (Å²) in [7, 11) is 0. The van der Waals surface area contributed by atoms with Crippen molar-refractivity contribution < 1.29 is 18.4 Å². The largest absolute Gasteiger partial charge is 0.467 e. The van der Waals surface area contributed by atoms with Crippen LogP contribution in [0, 0.1) is 5.92 Å². The first-order valence-corrected chi connectivity index (χ1v) is 9.01. The van der Waals surface area contributed by atoms with E-state index >= 15 is 0 Å². The first-order valence-electron chi connectivity index (χ1n) is 9.01. The van der Waals surface area contributed by atoms with Crippen molar-refractivity contribution in [1.82, 2.24) is 10.2 Å². The summed E-state index contributed by atoms with van der Waals surface area (Å²) in [6.45, 7) is 1.64. The molecular formula is C19H24N2O4. The molecule has 25 heavy (non-hydrogen) atoms. The molecule has 0 aromatic carbocycles. The molecule has 3 unspecified atom stereocenters. The molecule has 0 spiro atoms. The smallest absolute Gasteiger partial charge is 0.318 e. The Balaban J connectivity index is 1.44. The molecule has 3 heterocycles. The second-order valence-corrected chi connectivity index (χ2v) is 6.86. The van der Waals surface area contributed by atoms with Gasteiger partial charge in [-0.05, 0) is 49.9 Å². The maximum Gasteiger partial charge on any atom is 0.318 e. The van der Waals surface area contributed by atoms with Gasteiger partial charge in [0.25, 0.3) is 0 Å². The number of furan rings is 2. The molecule has 2 aromatic heterocycles. The minimum Gasteiger partial charge on any atom is -0.467 e. The quantitative estimate of drug-likeness (QED) is 0.901. The topological polar surface area (TPSA) is 67.8 Å². The molecule has 2 aromatic rings. The first kappa shape index (κ1) is 16.3. The summed E-state index contributed by atoms with van der Waals surface area (Å²) in [5, 5.41) is 3.24. The minimum absolute atomic E-state index is 0.0784. The van der Waals surface area contributed by atoms with Gasteiger partial charge in [0.15, 0.2) is 0 Å². The van der Waals surface area contributed by atoms with Crippen molar-refractivity contribution in [2.75, 3.05) is 6.61 Å². The molecule has 0 radical (unpaired) electrons. The predicted octanol–water partition coefficient (Wildman–Crippen LogP) is 3.54. The maximum atomic E-state index is 12.9. The highest BCUT2D eigenvalue weighted by atomic mass is 16.5. The molecule has 6 heteroatoms. The SMILES string of the molecule is O=C(NC1CCCC2OCCC12)N(Cc1ccco1)Cc1ccco1. The first-order chi connectivity index (χ1) is 12.3. The Bertz CT molecular complexity index is 631. The average molecular weight is 344 g/mol. The van der Waals surface area contributed by atoms with Gasteiger partial charge in [0.05, 0.1) is 31.7 Å². The third-order valence-electron chi connectivity index (χ3n) is 5.23. The fourth-order valence-electron chi connectivity index (χ4n) is 3.99. The normalized spacial score (nSPS) is 25.5. The number of rotatable bonds is 5. The zero-order valence-corrected chi connectivity index (χ0v) is 14.2. The average Bonchev–Trinajstić information content (AvgIpc) is 3.37. The second-order valence-electron chi connectivity index (χ2n) is 6.86. The van der Waals surface area contributed by atoms with Crippen LogP contribution >= 0.6 is 0 Å². The van der Waals surface area contributed by atoms with Gasteiger partial charge in [0.2, 0.25) is 0 Å². The Morgan fingerprint density at radius 3 is 2.44 bits per heavy atom. The fraction of sp³-hybridized carbons (Fsp3) is 0.526. The highest BCUT2D eigenvalue weighted by Gasteiger charge is 2.38. The zero-order chi connectivity index (χ0) is 17.1. The zero-order valence-electron chi connectivity index (χ0n) is 14.2. The van der Waals surface area contributed by atoms with Gasteiger partial charge >= 0.3 is 6.03 Å². The lowest BCUT2D eigenvalue weighted by Crippen LogP contribution is -2.50. The van der Waals surface area contributed by atoms with Gasteiger partial charge < -0.3 is 23.8 Å². The summed E-state index contributed by atoms with van der Waals surface area (Å²) < 4.78 is 16.6. The van der Waals surface area contributed by atoms with E-state index in [1.54, 1.807) is 17.4 Å². The lowest BCUT2D eigenvalue weighted by atomic mass is 9.82. The predicted molar refractivity (Wildman–Crippen MR) is 90.7 cm³/mol. The van der Waals surface area contributed by atoms with E-state index < -0.39 is 0 Å². The Morgan fingerprint density at radius 1 is 1.08 bits per heavy atom. The molecule has 0 bridgehead atoms. The molecule has 1 saturated heterocycles. The van der Waals surface area contributed by atoms with Crippen LogP contribution in [0.1, 0.15) is 37.2 Å². The lowest BCUT2D eigenvalue weighted by molar-refractivity contribution is 0.0534. The van der Waals surface area contributed by atoms with E-state index in [1.165, 1.54) is 0 Å². The Morgan fingerprint density at radius 2 is 1.80 bits per heavy atom. The van der Waals surface area contributed by atoms with Crippen LogP contribution in [0.3, 0.4) is 0 Å². The van der Waals surface area contributed by atoms with E-state index in [1.807, 2.05) is 24.3 Å². The van der Waals surface area contributed by atoms with E-state index in [2.05, 4.69) is 5.32 Å². The number of hydrogen-bond acceptors (Lipinski definition) is 4. The number of nitrogens with zero attached hydrogens (tertiary/aromatic N) is 1. The molecule has 1 N–H and O–H groups in total. The van der Waals surface area contributed by atoms with Gasteiger partial charge in [-0.3, -0.25) is 0 Å². The van der Waals surface area contributed by atoms with Crippen molar-refractivity contribution in [2.24, 2.45) is 5.92 Å². The molecule has 1 aliphatic heterocycles. The van der Waals surface area contributed by atoms with E-state index in [0.717, 1.165) is 43.8 Å². The summed E-state index contributed by atoms with van der Waals surface area (Å²) in [5.41, 5.74) is 0. The Hall–Kier alpha value is -2.21. The van der Waals surface area contributed by atoms with Crippen LogP contribution in [-0.4, -0.2) is 29.7 Å². The van der Waals surface area contributed by atoms with Gasteiger partial charge in [-0.15, -0.1) is 0 Å². The van der Waals surface area contributed by atoms with E-state index in [0.29, 0.717) is 25.1 Å². The molecule has 2 amide bonds. The lowest BCUT2D eigenvalue weighted by Gasteiger charge is -2.34. The number of amides is 2. The van der Waals surface area contributed by atoms with Crippen molar-refractivity contribution in [3.8, 4) is 0 Å². The molecular weight excluding hydrogens is 320 g/mol. The standard InChI is InChI=1S/C19H24N2O4/c22-19(20-17-6-1-7-18-16(17)8-11-25-18)21(12-14-4-2-9-23-14)13-15-5-3-10-24-15/h2-5,9-10,16-18H,1,6-8,11-13H2,(H,20,22). The van der Waals surface area contributed by atoms with Crippen LogP contribution in [0.15, 0.2) is 45.6 Å². The number of fused-ring (bicyclic) bond motifs is 1. The summed E-state index contributed by atoms with van der Waals surface area (Å²) in [6, 6.07) is 7.53. The van der Waals surface area contributed by atoms with Crippen LogP contribution in [-0.2, 0) is 17.8 Å². The highest BCUT2D eigenvalue weighted by Crippen LogP contribution is 2.34. The van der Waals surface area contributed by atoms with E-state index in [-0.39, 0.29) is 12.1 Å². The van der Waals surface area contributed by atoms with E-state index in [4.69, 9.17) is 13.6 Å². The van der Waals surface area contributed by atoms with Crippen molar-refractivity contribution in [3.05, 3.63) is 48.3 Å². The molecule has 134 valence electrons. The fourth-order valence-corrected chi connectivity index (χ4v) is 3.99. The monoisotopic (exact) mass is 344 g/mol. The van der Waals surface area contributed by atoms with Gasteiger partial charge in [-0.25, -0.2) is 4.79 Å². The molecule has 2 fully saturated rings. The number of carbonyl (C=O) groups is 1. The van der Waals surface area contributed by atoms with Gasteiger partial charge in [0.1, 0.15) is 11.5 Å². The van der Waals surface area contributed by atoms with Crippen LogP contribution in [0.5, 0.6) is 0 Å². The molecule has 3 atom stereocenters.